The van der Waals surface area contributed by atoms with Crippen molar-refractivity contribution in [3.63, 3.8) is 0 Å². The summed E-state index contributed by atoms with van der Waals surface area (Å²) in [6.45, 7) is 8.81. The van der Waals surface area contributed by atoms with E-state index >= 15 is 0 Å². The summed E-state index contributed by atoms with van der Waals surface area (Å²) in [6, 6.07) is 0. The molecular weight excluding hydrogens is 120 g/mol. The molecular formula is C10H24. The fraction of sp³-hybridized carbons (Fsp3) is 1.00. The largest absolute Gasteiger partial charge is 0.0776 e. The second-order valence-corrected chi connectivity index (χ2v) is 3.77. The summed E-state index contributed by atoms with van der Waals surface area (Å²) in [5.41, 5.74) is 0. The van der Waals surface area contributed by atoms with Gasteiger partial charge >= 0.3 is 0 Å². The van der Waals surface area contributed by atoms with Gasteiger partial charge in [-0.1, -0.05) is 54.4 Å². The fourth-order valence-corrected chi connectivity index (χ4v) is 0.612. The maximum atomic E-state index is 2.31. The average molecular weight is 144 g/mol. The molecule has 1 aliphatic carbocycles. The minimum absolute atomic E-state index is 0. The van der Waals surface area contributed by atoms with Gasteiger partial charge in [-0.2, -0.15) is 0 Å². The van der Waals surface area contributed by atoms with Crippen molar-refractivity contribution in [2.45, 2.75) is 54.4 Å². The van der Waals surface area contributed by atoms with Gasteiger partial charge in [-0.3, -0.25) is 0 Å². The lowest BCUT2D eigenvalue weighted by molar-refractivity contribution is 0.346. The van der Waals surface area contributed by atoms with E-state index in [1.54, 1.807) is 0 Å². The van der Waals surface area contributed by atoms with Crippen LogP contribution < -0.4 is 0 Å². The summed E-state index contributed by atoms with van der Waals surface area (Å²) in [5.74, 6) is 1.90. The highest BCUT2D eigenvalue weighted by atomic mass is 14.1. The Bertz CT molecular complexity index is 48.3. The molecule has 10 heavy (non-hydrogen) atoms. The van der Waals surface area contributed by atoms with Gasteiger partial charge in [-0.25, -0.2) is 0 Å². The van der Waals surface area contributed by atoms with Crippen LogP contribution in [0.3, 0.4) is 0 Å². The summed E-state index contributed by atoms with van der Waals surface area (Å²) in [7, 11) is 0. The topological polar surface area (TPSA) is 0 Å². The van der Waals surface area contributed by atoms with Gasteiger partial charge in [-0.05, 0) is 11.8 Å². The first-order chi connectivity index (χ1) is 4.13. The monoisotopic (exact) mass is 144 g/mol. The Morgan fingerprint density at radius 1 is 1.10 bits per heavy atom. The van der Waals surface area contributed by atoms with Crippen molar-refractivity contribution in [1.82, 2.24) is 0 Å². The molecule has 0 aliphatic heterocycles. The number of rotatable bonds is 0. The molecule has 0 aromatic carbocycles. The predicted molar refractivity (Wildman–Crippen MR) is 50.3 cm³/mol. The van der Waals surface area contributed by atoms with Gasteiger partial charge < -0.3 is 0 Å². The van der Waals surface area contributed by atoms with Crippen LogP contribution in [0.15, 0.2) is 0 Å². The van der Waals surface area contributed by atoms with Crippen molar-refractivity contribution in [2.24, 2.45) is 11.8 Å². The van der Waals surface area contributed by atoms with Crippen LogP contribution >= 0.6 is 0 Å². The molecule has 0 heterocycles. The molecule has 1 saturated carbocycles. The molecule has 0 aromatic heterocycles. The minimum Gasteiger partial charge on any atom is -0.0776 e. The van der Waals surface area contributed by atoms with Crippen molar-refractivity contribution in [1.29, 1.82) is 0 Å². The summed E-state index contributed by atoms with van der Waals surface area (Å²) in [5, 5.41) is 0. The third-order valence-corrected chi connectivity index (χ3v) is 1.39. The Morgan fingerprint density at radius 2 is 1.30 bits per heavy atom. The molecule has 0 nitrogen and oxygen atoms in total. The highest BCUT2D eigenvalue weighted by molar-refractivity contribution is 4.62. The Labute approximate surface area is 67.0 Å². The minimum atomic E-state index is 0. The number of hydrogen-bond donors (Lipinski definition) is 0. The van der Waals surface area contributed by atoms with E-state index < -0.39 is 0 Å². The summed E-state index contributed by atoms with van der Waals surface area (Å²) in [4.78, 5) is 0. The molecule has 0 heteroatoms. The van der Waals surface area contributed by atoms with Crippen LogP contribution in [-0.4, -0.2) is 0 Å². The predicted octanol–water partition coefficient (Wildman–Crippen LogP) is 4.10. The third kappa shape index (κ3) is 10.9. The van der Waals surface area contributed by atoms with Gasteiger partial charge in [-0.15, -0.1) is 0 Å². The zero-order chi connectivity index (χ0) is 7.28. The standard InChI is InChI=1S/C5H10.C4H10.CH4/c1-5-3-2-4-5;1-4(2)3;/h5H,2-4H2,1H3;4H,1-3H3;1H4. The molecule has 0 saturated heterocycles. The molecule has 0 unspecified atom stereocenters. The van der Waals surface area contributed by atoms with Gasteiger partial charge in [0.25, 0.3) is 0 Å². The van der Waals surface area contributed by atoms with Crippen LogP contribution in [0, 0.1) is 11.8 Å². The Kier molecular flexibility index (Phi) is 9.00. The molecule has 0 amide bonds. The Hall–Kier alpha value is 0. The SMILES string of the molecule is C.CC(C)C.CC1CCC1. The fourth-order valence-electron chi connectivity index (χ4n) is 0.612. The highest BCUT2D eigenvalue weighted by Crippen LogP contribution is 2.24. The normalized spacial score (nSPS) is 16.5. The zero-order valence-electron chi connectivity index (χ0n) is 7.28. The third-order valence-electron chi connectivity index (χ3n) is 1.39. The maximum absolute atomic E-state index is 2.31. The molecule has 0 aromatic rings. The smallest absolute Gasteiger partial charge is 0.0443 e. The van der Waals surface area contributed by atoms with Gasteiger partial charge in [0.2, 0.25) is 0 Å². The van der Waals surface area contributed by atoms with Gasteiger partial charge in [0.1, 0.15) is 0 Å². The first-order valence-corrected chi connectivity index (χ1v) is 4.13. The summed E-state index contributed by atoms with van der Waals surface area (Å²) >= 11 is 0. The van der Waals surface area contributed by atoms with Crippen molar-refractivity contribution in [3.05, 3.63) is 0 Å². The van der Waals surface area contributed by atoms with E-state index in [0.29, 0.717) is 0 Å². The van der Waals surface area contributed by atoms with Crippen LogP contribution in [0.1, 0.15) is 54.4 Å². The van der Waals surface area contributed by atoms with Crippen LogP contribution in [0.25, 0.3) is 0 Å². The lowest BCUT2D eigenvalue weighted by atomic mass is 9.88. The summed E-state index contributed by atoms with van der Waals surface area (Å²) in [6.07, 6.45) is 4.46. The van der Waals surface area contributed by atoms with E-state index in [1.165, 1.54) is 19.3 Å². The van der Waals surface area contributed by atoms with Crippen LogP contribution in [0.4, 0.5) is 0 Å². The first-order valence-electron chi connectivity index (χ1n) is 4.13. The van der Waals surface area contributed by atoms with E-state index in [9.17, 15) is 0 Å². The maximum Gasteiger partial charge on any atom is -0.0443 e. The van der Waals surface area contributed by atoms with Crippen molar-refractivity contribution in [2.75, 3.05) is 0 Å². The molecule has 0 N–H and O–H groups in total. The number of hydrogen-bond acceptors (Lipinski definition) is 0. The second-order valence-electron chi connectivity index (χ2n) is 3.77. The quantitative estimate of drug-likeness (QED) is 0.480. The first kappa shape index (κ1) is 12.7. The van der Waals surface area contributed by atoms with Crippen molar-refractivity contribution >= 4 is 0 Å². The Balaban J connectivity index is 0. The molecule has 0 atom stereocenters. The molecule has 1 rings (SSSR count). The van der Waals surface area contributed by atoms with E-state index in [1.807, 2.05) is 0 Å². The molecule has 0 spiro atoms. The lowest BCUT2D eigenvalue weighted by Crippen LogP contribution is -2.04. The lowest BCUT2D eigenvalue weighted by Gasteiger charge is -2.18. The Morgan fingerprint density at radius 3 is 1.30 bits per heavy atom. The average Bonchev–Trinajstić information content (AvgIpc) is 1.59. The summed E-state index contributed by atoms with van der Waals surface area (Å²) < 4.78 is 0. The van der Waals surface area contributed by atoms with Crippen molar-refractivity contribution in [3.8, 4) is 0 Å². The zero-order valence-corrected chi connectivity index (χ0v) is 7.28. The van der Waals surface area contributed by atoms with E-state index in [4.69, 9.17) is 0 Å². The van der Waals surface area contributed by atoms with Crippen LogP contribution in [0.5, 0.6) is 0 Å². The van der Waals surface area contributed by atoms with Crippen molar-refractivity contribution < 1.29 is 0 Å². The van der Waals surface area contributed by atoms with Crippen LogP contribution in [0.2, 0.25) is 0 Å². The molecule has 0 radical (unpaired) electrons. The van der Waals surface area contributed by atoms with E-state index in [0.717, 1.165) is 11.8 Å². The second kappa shape index (κ2) is 7.11. The molecule has 0 bridgehead atoms. The van der Waals surface area contributed by atoms with Gasteiger partial charge in [0, 0.05) is 0 Å². The van der Waals surface area contributed by atoms with Gasteiger partial charge in [0.15, 0.2) is 0 Å². The van der Waals surface area contributed by atoms with E-state index in [-0.39, 0.29) is 7.43 Å². The highest BCUT2D eigenvalue weighted by Gasteiger charge is 2.09. The van der Waals surface area contributed by atoms with Crippen LogP contribution in [-0.2, 0) is 0 Å². The van der Waals surface area contributed by atoms with E-state index in [2.05, 4.69) is 27.7 Å². The molecule has 64 valence electrons. The molecule has 1 fully saturated rings. The van der Waals surface area contributed by atoms with Gasteiger partial charge in [0.05, 0.1) is 0 Å². The molecule has 1 aliphatic rings.